The second-order valence-corrected chi connectivity index (χ2v) is 4.49. The molecule has 0 fully saturated rings. The Kier molecular flexibility index (Phi) is 2.76. The molecule has 0 bridgehead atoms. The summed E-state index contributed by atoms with van der Waals surface area (Å²) in [5, 5.41) is 0. The largest absolute Gasteiger partial charge is 0.493 e. The summed E-state index contributed by atoms with van der Waals surface area (Å²) >= 11 is 0. The number of rotatable bonds is 2. The lowest BCUT2D eigenvalue weighted by molar-refractivity contribution is 0.357. The van der Waals surface area contributed by atoms with Crippen molar-refractivity contribution in [2.45, 2.75) is 12.5 Å². The van der Waals surface area contributed by atoms with E-state index in [0.717, 1.165) is 29.9 Å². The number of halogens is 1. The van der Waals surface area contributed by atoms with Crippen LogP contribution in [0.5, 0.6) is 5.75 Å². The van der Waals surface area contributed by atoms with E-state index in [1.165, 1.54) is 17.7 Å². The molecule has 2 aromatic rings. The molecule has 1 heterocycles. The van der Waals surface area contributed by atoms with Crippen molar-refractivity contribution in [2.75, 3.05) is 6.61 Å². The van der Waals surface area contributed by atoms with Crippen LogP contribution in [0.2, 0.25) is 0 Å². The minimum absolute atomic E-state index is 0.225. The molecule has 2 nitrogen and oxygen atoms in total. The van der Waals surface area contributed by atoms with Crippen LogP contribution in [0.15, 0.2) is 42.5 Å². The van der Waals surface area contributed by atoms with E-state index in [1.54, 1.807) is 12.1 Å². The van der Waals surface area contributed by atoms with E-state index in [0.29, 0.717) is 0 Å². The first-order valence-electron chi connectivity index (χ1n) is 6.01. The van der Waals surface area contributed by atoms with Crippen LogP contribution in [0.25, 0.3) is 0 Å². The van der Waals surface area contributed by atoms with E-state index in [2.05, 4.69) is 6.07 Å². The smallest absolute Gasteiger partial charge is 0.123 e. The Balaban J connectivity index is 1.92. The zero-order valence-corrected chi connectivity index (χ0v) is 9.90. The first-order valence-corrected chi connectivity index (χ1v) is 6.01. The third-order valence-electron chi connectivity index (χ3n) is 3.30. The Hall–Kier alpha value is -1.87. The Morgan fingerprint density at radius 3 is 2.56 bits per heavy atom. The Morgan fingerprint density at radius 2 is 1.78 bits per heavy atom. The molecule has 2 N–H and O–H groups in total. The van der Waals surface area contributed by atoms with Crippen molar-refractivity contribution in [3.63, 3.8) is 0 Å². The Morgan fingerprint density at radius 1 is 1.06 bits per heavy atom. The van der Waals surface area contributed by atoms with E-state index in [9.17, 15) is 4.39 Å². The molecule has 0 amide bonds. The third-order valence-corrected chi connectivity index (χ3v) is 3.30. The van der Waals surface area contributed by atoms with Crippen molar-refractivity contribution in [1.29, 1.82) is 0 Å². The molecule has 0 saturated heterocycles. The summed E-state index contributed by atoms with van der Waals surface area (Å²) in [5.41, 5.74) is 9.34. The molecule has 18 heavy (non-hydrogen) atoms. The summed E-state index contributed by atoms with van der Waals surface area (Å²) in [6, 6.07) is 12.1. The monoisotopic (exact) mass is 243 g/mol. The molecule has 0 spiro atoms. The summed E-state index contributed by atoms with van der Waals surface area (Å²) in [7, 11) is 0. The molecule has 0 aromatic heterocycles. The van der Waals surface area contributed by atoms with Crippen LogP contribution in [-0.4, -0.2) is 6.61 Å². The van der Waals surface area contributed by atoms with Crippen LogP contribution in [0, 0.1) is 5.82 Å². The molecule has 92 valence electrons. The number of ether oxygens (including phenoxy) is 1. The van der Waals surface area contributed by atoms with Gasteiger partial charge in [0.15, 0.2) is 0 Å². The molecule has 1 unspecified atom stereocenters. The lowest BCUT2D eigenvalue weighted by Crippen LogP contribution is -2.11. The maximum atomic E-state index is 12.9. The number of hydrogen-bond donors (Lipinski definition) is 1. The highest BCUT2D eigenvalue weighted by molar-refractivity contribution is 5.43. The van der Waals surface area contributed by atoms with Crippen LogP contribution < -0.4 is 10.5 Å². The van der Waals surface area contributed by atoms with Crippen molar-refractivity contribution < 1.29 is 9.13 Å². The van der Waals surface area contributed by atoms with Gasteiger partial charge in [0, 0.05) is 6.42 Å². The molecular formula is C15H14FNO. The molecule has 0 aliphatic carbocycles. The van der Waals surface area contributed by atoms with E-state index in [4.69, 9.17) is 10.5 Å². The van der Waals surface area contributed by atoms with E-state index in [1.807, 2.05) is 12.1 Å². The minimum Gasteiger partial charge on any atom is -0.493 e. The van der Waals surface area contributed by atoms with Gasteiger partial charge in [0.2, 0.25) is 0 Å². The van der Waals surface area contributed by atoms with Gasteiger partial charge in [-0.3, -0.25) is 0 Å². The van der Waals surface area contributed by atoms with E-state index in [-0.39, 0.29) is 11.9 Å². The van der Waals surface area contributed by atoms with Gasteiger partial charge in [-0.25, -0.2) is 4.39 Å². The zero-order chi connectivity index (χ0) is 12.5. The van der Waals surface area contributed by atoms with Crippen molar-refractivity contribution in [3.05, 3.63) is 65.0 Å². The quantitative estimate of drug-likeness (QED) is 0.880. The van der Waals surface area contributed by atoms with Crippen molar-refractivity contribution in [2.24, 2.45) is 5.73 Å². The van der Waals surface area contributed by atoms with Gasteiger partial charge in [0.25, 0.3) is 0 Å². The molecule has 2 aromatic carbocycles. The highest BCUT2D eigenvalue weighted by Crippen LogP contribution is 2.29. The van der Waals surface area contributed by atoms with Gasteiger partial charge < -0.3 is 10.5 Å². The van der Waals surface area contributed by atoms with Gasteiger partial charge in [-0.2, -0.15) is 0 Å². The molecule has 1 atom stereocenters. The van der Waals surface area contributed by atoms with E-state index >= 15 is 0 Å². The molecule has 0 saturated carbocycles. The standard InChI is InChI=1S/C15H14FNO/c16-13-4-1-10(2-5-13)15(17)12-3-6-14-11(9-12)7-8-18-14/h1-6,9,15H,7-8,17H2. The normalized spacial score (nSPS) is 15.0. The Labute approximate surface area is 105 Å². The number of nitrogens with two attached hydrogens (primary N) is 1. The van der Waals surface area contributed by atoms with Gasteiger partial charge in [0.05, 0.1) is 12.6 Å². The van der Waals surface area contributed by atoms with Crippen molar-refractivity contribution >= 4 is 0 Å². The summed E-state index contributed by atoms with van der Waals surface area (Å²) in [4.78, 5) is 0. The third kappa shape index (κ3) is 1.97. The minimum atomic E-state index is -0.242. The van der Waals surface area contributed by atoms with Gasteiger partial charge in [-0.1, -0.05) is 24.3 Å². The molecule has 1 aliphatic heterocycles. The predicted molar refractivity (Wildman–Crippen MR) is 68.1 cm³/mol. The second-order valence-electron chi connectivity index (χ2n) is 4.49. The van der Waals surface area contributed by atoms with Crippen molar-refractivity contribution in [1.82, 2.24) is 0 Å². The summed E-state index contributed by atoms with van der Waals surface area (Å²) in [6.45, 7) is 0.741. The first-order chi connectivity index (χ1) is 8.74. The topological polar surface area (TPSA) is 35.2 Å². The lowest BCUT2D eigenvalue weighted by atomic mass is 9.97. The molecular weight excluding hydrogens is 229 g/mol. The van der Waals surface area contributed by atoms with E-state index < -0.39 is 0 Å². The summed E-state index contributed by atoms with van der Waals surface area (Å²) in [5.74, 6) is 0.707. The number of benzene rings is 2. The molecule has 3 heteroatoms. The fourth-order valence-corrected chi connectivity index (χ4v) is 2.26. The van der Waals surface area contributed by atoms with Crippen LogP contribution >= 0.6 is 0 Å². The molecule has 0 radical (unpaired) electrons. The average Bonchev–Trinajstić information content (AvgIpc) is 2.86. The highest BCUT2D eigenvalue weighted by atomic mass is 19.1. The maximum absolute atomic E-state index is 12.9. The second kappa shape index (κ2) is 4.42. The lowest BCUT2D eigenvalue weighted by Gasteiger charge is -2.13. The molecule has 3 rings (SSSR count). The van der Waals surface area contributed by atoms with Gasteiger partial charge in [-0.15, -0.1) is 0 Å². The number of fused-ring (bicyclic) bond motifs is 1. The fraction of sp³-hybridized carbons (Fsp3) is 0.200. The zero-order valence-electron chi connectivity index (χ0n) is 9.90. The predicted octanol–water partition coefficient (Wildman–Crippen LogP) is 2.81. The maximum Gasteiger partial charge on any atom is 0.123 e. The average molecular weight is 243 g/mol. The van der Waals surface area contributed by atoms with Crippen LogP contribution in [0.4, 0.5) is 4.39 Å². The molecule has 1 aliphatic rings. The van der Waals surface area contributed by atoms with Crippen LogP contribution in [0.1, 0.15) is 22.7 Å². The van der Waals surface area contributed by atoms with Gasteiger partial charge >= 0.3 is 0 Å². The Bertz CT molecular complexity index is 565. The summed E-state index contributed by atoms with van der Waals surface area (Å²) in [6.07, 6.45) is 0.930. The van der Waals surface area contributed by atoms with Gasteiger partial charge in [0.1, 0.15) is 11.6 Å². The fourth-order valence-electron chi connectivity index (χ4n) is 2.26. The highest BCUT2D eigenvalue weighted by Gasteiger charge is 2.15. The van der Waals surface area contributed by atoms with Gasteiger partial charge in [-0.05, 0) is 34.9 Å². The van der Waals surface area contributed by atoms with Crippen LogP contribution in [-0.2, 0) is 6.42 Å². The number of hydrogen-bond acceptors (Lipinski definition) is 2. The summed E-state index contributed by atoms with van der Waals surface area (Å²) < 4.78 is 18.3. The SMILES string of the molecule is NC(c1ccc(F)cc1)c1ccc2c(c1)CCO2. The van der Waals surface area contributed by atoms with Crippen LogP contribution in [0.3, 0.4) is 0 Å². The first kappa shape index (κ1) is 11.2. The van der Waals surface area contributed by atoms with Crippen molar-refractivity contribution in [3.8, 4) is 5.75 Å².